The lowest BCUT2D eigenvalue weighted by molar-refractivity contribution is -0.132. The molecule has 0 unspecified atom stereocenters. The van der Waals surface area contributed by atoms with Crippen molar-refractivity contribution in [1.29, 1.82) is 0 Å². The van der Waals surface area contributed by atoms with Crippen molar-refractivity contribution in [2.24, 2.45) is 0 Å². The highest BCUT2D eigenvalue weighted by molar-refractivity contribution is 5.79. The Morgan fingerprint density at radius 2 is 1.87 bits per heavy atom. The van der Waals surface area contributed by atoms with E-state index in [0.717, 1.165) is 69.1 Å². The number of hydrogen-bond acceptors (Lipinski definition) is 4. The topological polar surface area (TPSA) is 36.0 Å². The Kier molecular flexibility index (Phi) is 6.53. The van der Waals surface area contributed by atoms with Crippen LogP contribution in [0.1, 0.15) is 18.4 Å². The van der Waals surface area contributed by atoms with Crippen molar-refractivity contribution in [3.8, 4) is 5.75 Å². The van der Waals surface area contributed by atoms with Crippen LogP contribution in [0.5, 0.6) is 5.75 Å². The van der Waals surface area contributed by atoms with E-state index in [1.165, 1.54) is 12.1 Å². The average molecular weight is 412 g/mol. The lowest BCUT2D eigenvalue weighted by Crippen LogP contribution is -2.56. The summed E-state index contributed by atoms with van der Waals surface area (Å²) in [6, 6.07) is 14.9. The predicted molar refractivity (Wildman–Crippen MR) is 116 cm³/mol. The average Bonchev–Trinajstić information content (AvgIpc) is 2.79. The number of carbonyl (C=O) groups is 1. The molecule has 2 aliphatic heterocycles. The van der Waals surface area contributed by atoms with Gasteiger partial charge in [0.2, 0.25) is 5.91 Å². The second kappa shape index (κ2) is 9.47. The number of halogens is 1. The first-order chi connectivity index (χ1) is 14.6. The minimum Gasteiger partial charge on any atom is -0.495 e. The molecule has 5 nitrogen and oxygen atoms in total. The number of para-hydroxylation sites is 2. The minimum atomic E-state index is -0.287. The van der Waals surface area contributed by atoms with E-state index in [0.29, 0.717) is 6.04 Å². The molecule has 2 aromatic carbocycles. The SMILES string of the molecule is COc1ccccc1N1CCN([C@@H]2CCCN(C(=O)Cc3cccc(F)c3)C2)CC1. The Labute approximate surface area is 178 Å². The molecule has 0 N–H and O–H groups in total. The first-order valence-corrected chi connectivity index (χ1v) is 10.8. The van der Waals surface area contributed by atoms with E-state index in [9.17, 15) is 9.18 Å². The van der Waals surface area contributed by atoms with Crippen LogP contribution in [0.3, 0.4) is 0 Å². The zero-order valence-corrected chi connectivity index (χ0v) is 17.6. The zero-order chi connectivity index (χ0) is 20.9. The summed E-state index contributed by atoms with van der Waals surface area (Å²) < 4.78 is 18.9. The zero-order valence-electron chi connectivity index (χ0n) is 17.6. The number of likely N-dealkylation sites (tertiary alicyclic amines) is 1. The smallest absolute Gasteiger partial charge is 0.227 e. The third-order valence-corrected chi connectivity index (χ3v) is 6.25. The standard InChI is InChI=1S/C24H30FN3O2/c1-30-23-10-3-2-9-22(23)27-14-12-26(13-15-27)21-8-5-11-28(18-21)24(29)17-19-6-4-7-20(25)16-19/h2-4,6-7,9-10,16,21H,5,8,11-15,17-18H2,1H3/t21-/m1/s1. The Morgan fingerprint density at radius 1 is 1.07 bits per heavy atom. The molecule has 0 aromatic heterocycles. The van der Waals surface area contributed by atoms with Crippen molar-refractivity contribution in [3.05, 3.63) is 59.9 Å². The molecule has 2 fully saturated rings. The number of piperazine rings is 1. The molecule has 2 aliphatic rings. The third-order valence-electron chi connectivity index (χ3n) is 6.25. The van der Waals surface area contributed by atoms with Crippen LogP contribution < -0.4 is 9.64 Å². The van der Waals surface area contributed by atoms with E-state index in [2.05, 4.69) is 15.9 Å². The van der Waals surface area contributed by atoms with Gasteiger partial charge in [-0.1, -0.05) is 24.3 Å². The van der Waals surface area contributed by atoms with Gasteiger partial charge in [0, 0.05) is 45.3 Å². The molecule has 2 saturated heterocycles. The third kappa shape index (κ3) is 4.75. The van der Waals surface area contributed by atoms with Crippen LogP contribution in [0.2, 0.25) is 0 Å². The van der Waals surface area contributed by atoms with E-state index < -0.39 is 0 Å². The second-order valence-electron chi connectivity index (χ2n) is 8.14. The van der Waals surface area contributed by atoms with Gasteiger partial charge in [-0.25, -0.2) is 4.39 Å². The minimum absolute atomic E-state index is 0.0953. The van der Waals surface area contributed by atoms with E-state index in [1.54, 1.807) is 13.2 Å². The molecule has 0 spiro atoms. The fourth-order valence-electron chi connectivity index (χ4n) is 4.63. The highest BCUT2D eigenvalue weighted by atomic mass is 19.1. The summed E-state index contributed by atoms with van der Waals surface area (Å²) in [5.41, 5.74) is 1.89. The summed E-state index contributed by atoms with van der Waals surface area (Å²) >= 11 is 0. The predicted octanol–water partition coefficient (Wildman–Crippen LogP) is 3.19. The summed E-state index contributed by atoms with van der Waals surface area (Å²) in [5.74, 6) is 0.723. The van der Waals surface area contributed by atoms with Crippen molar-refractivity contribution in [2.75, 3.05) is 51.3 Å². The fourth-order valence-corrected chi connectivity index (χ4v) is 4.63. The lowest BCUT2D eigenvalue weighted by Gasteiger charge is -2.44. The maximum atomic E-state index is 13.4. The lowest BCUT2D eigenvalue weighted by atomic mass is 10.0. The molecule has 6 heteroatoms. The summed E-state index contributed by atoms with van der Waals surface area (Å²) in [6.45, 7) is 5.43. The van der Waals surface area contributed by atoms with Gasteiger partial charge in [0.1, 0.15) is 11.6 Å². The van der Waals surface area contributed by atoms with Gasteiger partial charge in [0.25, 0.3) is 0 Å². The number of hydrogen-bond donors (Lipinski definition) is 0. The molecule has 4 rings (SSSR count). The molecular weight excluding hydrogens is 381 g/mol. The first-order valence-electron chi connectivity index (χ1n) is 10.8. The Balaban J connectivity index is 1.32. The van der Waals surface area contributed by atoms with Gasteiger partial charge in [0.05, 0.1) is 19.2 Å². The van der Waals surface area contributed by atoms with Gasteiger partial charge >= 0.3 is 0 Å². The number of benzene rings is 2. The summed E-state index contributed by atoms with van der Waals surface area (Å²) in [6.07, 6.45) is 2.41. The Bertz CT molecular complexity index is 867. The van der Waals surface area contributed by atoms with Crippen LogP contribution in [0.15, 0.2) is 48.5 Å². The van der Waals surface area contributed by atoms with Crippen molar-refractivity contribution in [2.45, 2.75) is 25.3 Å². The number of amides is 1. The van der Waals surface area contributed by atoms with E-state index in [4.69, 9.17) is 4.74 Å². The van der Waals surface area contributed by atoms with Crippen LogP contribution in [0, 0.1) is 5.82 Å². The molecule has 1 amide bonds. The van der Waals surface area contributed by atoms with Gasteiger partial charge < -0.3 is 14.5 Å². The van der Waals surface area contributed by atoms with Crippen molar-refractivity contribution >= 4 is 11.6 Å². The number of ether oxygens (including phenoxy) is 1. The summed E-state index contributed by atoms with van der Waals surface area (Å²) in [7, 11) is 1.71. The van der Waals surface area contributed by atoms with Crippen LogP contribution >= 0.6 is 0 Å². The van der Waals surface area contributed by atoms with Gasteiger partial charge in [-0.2, -0.15) is 0 Å². The van der Waals surface area contributed by atoms with Crippen LogP contribution in [-0.2, 0) is 11.2 Å². The van der Waals surface area contributed by atoms with Crippen molar-refractivity contribution < 1.29 is 13.9 Å². The molecule has 2 aromatic rings. The Hall–Kier alpha value is -2.60. The summed E-state index contributed by atoms with van der Waals surface area (Å²) in [4.78, 5) is 19.6. The molecule has 0 saturated carbocycles. The number of methoxy groups -OCH3 is 1. The number of piperidine rings is 1. The van der Waals surface area contributed by atoms with Crippen molar-refractivity contribution in [1.82, 2.24) is 9.80 Å². The highest BCUT2D eigenvalue weighted by Crippen LogP contribution is 2.29. The van der Waals surface area contributed by atoms with Crippen molar-refractivity contribution in [3.63, 3.8) is 0 Å². The van der Waals surface area contributed by atoms with Crippen LogP contribution in [0.25, 0.3) is 0 Å². The van der Waals surface area contributed by atoms with E-state index in [1.807, 2.05) is 29.2 Å². The Morgan fingerprint density at radius 3 is 2.63 bits per heavy atom. The second-order valence-corrected chi connectivity index (χ2v) is 8.14. The van der Waals surface area contributed by atoms with E-state index >= 15 is 0 Å². The molecule has 0 aliphatic carbocycles. The van der Waals surface area contributed by atoms with Gasteiger partial charge in [-0.3, -0.25) is 9.69 Å². The highest BCUT2D eigenvalue weighted by Gasteiger charge is 2.30. The molecule has 0 radical (unpaired) electrons. The normalized spacial score (nSPS) is 20.3. The van der Waals surface area contributed by atoms with Gasteiger partial charge in [-0.05, 0) is 42.7 Å². The first kappa shape index (κ1) is 20.7. The number of rotatable bonds is 5. The number of nitrogens with zero attached hydrogens (tertiary/aromatic N) is 3. The number of anilines is 1. The van der Waals surface area contributed by atoms with Gasteiger partial charge in [-0.15, -0.1) is 0 Å². The monoisotopic (exact) mass is 411 g/mol. The molecule has 1 atom stereocenters. The maximum Gasteiger partial charge on any atom is 0.227 e. The fraction of sp³-hybridized carbons (Fsp3) is 0.458. The molecule has 160 valence electrons. The van der Waals surface area contributed by atoms with Gasteiger partial charge in [0.15, 0.2) is 0 Å². The molecule has 2 heterocycles. The molecule has 0 bridgehead atoms. The number of carbonyl (C=O) groups excluding carboxylic acids is 1. The largest absolute Gasteiger partial charge is 0.495 e. The molecule has 30 heavy (non-hydrogen) atoms. The van der Waals surface area contributed by atoms with Crippen LogP contribution in [-0.4, -0.2) is 68.1 Å². The van der Waals surface area contributed by atoms with E-state index in [-0.39, 0.29) is 18.1 Å². The quantitative estimate of drug-likeness (QED) is 0.757. The molecular formula is C24H30FN3O2. The van der Waals surface area contributed by atoms with Crippen LogP contribution in [0.4, 0.5) is 10.1 Å². The summed E-state index contributed by atoms with van der Waals surface area (Å²) in [5, 5.41) is 0. The maximum absolute atomic E-state index is 13.4.